The van der Waals surface area contributed by atoms with Crippen LogP contribution in [0.1, 0.15) is 19.4 Å². The molecule has 0 spiro atoms. The number of rotatable bonds is 5. The molecule has 0 aromatic heterocycles. The number of anilines is 1. The van der Waals surface area contributed by atoms with Crippen molar-refractivity contribution in [1.29, 1.82) is 0 Å². The van der Waals surface area contributed by atoms with Gasteiger partial charge in [-0.2, -0.15) is 13.2 Å². The van der Waals surface area contributed by atoms with E-state index in [1.807, 2.05) is 13.8 Å². The standard InChI is InChI=1S/C13H16ClF3N2O/c1-8(2)6-18-7-12(20)19-11-5-9(13(15,16)17)3-4-10(11)14/h3-5,8,18H,6-7H2,1-2H3,(H,19,20). The van der Waals surface area contributed by atoms with Crippen LogP contribution >= 0.6 is 11.6 Å². The molecule has 0 radical (unpaired) electrons. The number of carbonyl (C=O) groups excluding carboxylic acids is 1. The summed E-state index contributed by atoms with van der Waals surface area (Å²) in [5.41, 5.74) is -0.898. The lowest BCUT2D eigenvalue weighted by molar-refractivity contribution is -0.137. The van der Waals surface area contributed by atoms with E-state index in [1.165, 1.54) is 0 Å². The van der Waals surface area contributed by atoms with Crippen LogP contribution in [0.25, 0.3) is 0 Å². The van der Waals surface area contributed by atoms with Crippen LogP contribution in [0, 0.1) is 5.92 Å². The number of nitrogens with one attached hydrogen (secondary N) is 2. The first-order valence-electron chi connectivity index (χ1n) is 6.07. The summed E-state index contributed by atoms with van der Waals surface area (Å²) in [5, 5.41) is 5.32. The van der Waals surface area contributed by atoms with Crippen LogP contribution in [0.4, 0.5) is 18.9 Å². The predicted octanol–water partition coefficient (Wildman–Crippen LogP) is 3.54. The summed E-state index contributed by atoms with van der Waals surface area (Å²) in [4.78, 5) is 11.6. The number of hydrogen-bond donors (Lipinski definition) is 2. The van der Waals surface area contributed by atoms with Gasteiger partial charge in [0.05, 0.1) is 22.8 Å². The lowest BCUT2D eigenvalue weighted by Crippen LogP contribution is -2.30. The van der Waals surface area contributed by atoms with Crippen molar-refractivity contribution in [3.63, 3.8) is 0 Å². The van der Waals surface area contributed by atoms with Gasteiger partial charge in [-0.1, -0.05) is 25.4 Å². The Bertz CT molecular complexity index is 475. The number of carbonyl (C=O) groups is 1. The quantitative estimate of drug-likeness (QED) is 0.873. The highest BCUT2D eigenvalue weighted by Gasteiger charge is 2.31. The fourth-order valence-corrected chi connectivity index (χ4v) is 1.63. The molecule has 20 heavy (non-hydrogen) atoms. The maximum Gasteiger partial charge on any atom is 0.416 e. The van der Waals surface area contributed by atoms with Crippen LogP contribution < -0.4 is 10.6 Å². The normalized spacial score (nSPS) is 11.8. The van der Waals surface area contributed by atoms with Crippen LogP contribution in [-0.2, 0) is 11.0 Å². The summed E-state index contributed by atoms with van der Waals surface area (Å²) in [5.74, 6) is -0.0631. The third-order valence-corrected chi connectivity index (χ3v) is 2.74. The van der Waals surface area contributed by atoms with Crippen molar-refractivity contribution in [2.45, 2.75) is 20.0 Å². The number of amides is 1. The van der Waals surface area contributed by atoms with Gasteiger partial charge in [0.15, 0.2) is 0 Å². The highest BCUT2D eigenvalue weighted by molar-refractivity contribution is 6.33. The molecule has 0 bridgehead atoms. The van der Waals surface area contributed by atoms with Gasteiger partial charge < -0.3 is 10.6 Å². The summed E-state index contributed by atoms with van der Waals surface area (Å²) < 4.78 is 37.7. The zero-order valence-electron chi connectivity index (χ0n) is 11.1. The van der Waals surface area contributed by atoms with E-state index in [2.05, 4.69) is 10.6 Å². The molecule has 3 nitrogen and oxygen atoms in total. The second kappa shape index (κ2) is 6.95. The minimum Gasteiger partial charge on any atom is -0.324 e. The lowest BCUT2D eigenvalue weighted by atomic mass is 10.2. The Hall–Kier alpha value is -1.27. The van der Waals surface area contributed by atoms with Gasteiger partial charge in [0, 0.05) is 0 Å². The Morgan fingerprint density at radius 3 is 2.55 bits per heavy atom. The summed E-state index contributed by atoms with van der Waals surface area (Å²) in [6.07, 6.45) is -4.47. The second-order valence-electron chi connectivity index (χ2n) is 4.77. The minimum absolute atomic E-state index is 0.0186. The third-order valence-electron chi connectivity index (χ3n) is 2.41. The molecule has 0 unspecified atom stereocenters. The maximum absolute atomic E-state index is 12.6. The Morgan fingerprint density at radius 2 is 2.00 bits per heavy atom. The number of hydrogen-bond acceptors (Lipinski definition) is 2. The summed E-state index contributed by atoms with van der Waals surface area (Å²) in [7, 11) is 0. The topological polar surface area (TPSA) is 41.1 Å². The van der Waals surface area contributed by atoms with E-state index < -0.39 is 17.6 Å². The van der Waals surface area contributed by atoms with Crippen molar-refractivity contribution < 1.29 is 18.0 Å². The van der Waals surface area contributed by atoms with E-state index in [9.17, 15) is 18.0 Å². The zero-order chi connectivity index (χ0) is 15.3. The monoisotopic (exact) mass is 308 g/mol. The molecule has 0 heterocycles. The fourth-order valence-electron chi connectivity index (χ4n) is 1.47. The van der Waals surface area contributed by atoms with Gasteiger partial charge in [0.1, 0.15) is 0 Å². The molecule has 1 aromatic rings. The molecule has 1 amide bonds. The fraction of sp³-hybridized carbons (Fsp3) is 0.462. The van der Waals surface area contributed by atoms with Gasteiger partial charge in [-0.05, 0) is 30.7 Å². The molecule has 0 saturated heterocycles. The van der Waals surface area contributed by atoms with Gasteiger partial charge in [-0.25, -0.2) is 0 Å². The van der Waals surface area contributed by atoms with Crippen molar-refractivity contribution in [3.8, 4) is 0 Å². The van der Waals surface area contributed by atoms with Crippen molar-refractivity contribution in [3.05, 3.63) is 28.8 Å². The molecule has 112 valence electrons. The SMILES string of the molecule is CC(C)CNCC(=O)Nc1cc(C(F)(F)F)ccc1Cl. The van der Waals surface area contributed by atoms with Crippen molar-refractivity contribution >= 4 is 23.2 Å². The van der Waals surface area contributed by atoms with Crippen LogP contribution in [0.3, 0.4) is 0 Å². The van der Waals surface area contributed by atoms with Gasteiger partial charge in [-0.15, -0.1) is 0 Å². The van der Waals surface area contributed by atoms with Crippen LogP contribution in [0.15, 0.2) is 18.2 Å². The van der Waals surface area contributed by atoms with Crippen molar-refractivity contribution in [1.82, 2.24) is 5.32 Å². The maximum atomic E-state index is 12.6. The molecule has 2 N–H and O–H groups in total. The molecule has 0 atom stereocenters. The highest BCUT2D eigenvalue weighted by atomic mass is 35.5. The largest absolute Gasteiger partial charge is 0.416 e. The Kier molecular flexibility index (Phi) is 5.83. The van der Waals surface area contributed by atoms with Gasteiger partial charge >= 0.3 is 6.18 Å². The van der Waals surface area contributed by atoms with Crippen LogP contribution in [0.5, 0.6) is 0 Å². The Morgan fingerprint density at radius 1 is 1.35 bits per heavy atom. The lowest BCUT2D eigenvalue weighted by Gasteiger charge is -2.12. The molecule has 7 heteroatoms. The average Bonchev–Trinajstić information content (AvgIpc) is 2.30. The van der Waals surface area contributed by atoms with Crippen LogP contribution in [-0.4, -0.2) is 19.0 Å². The third kappa shape index (κ3) is 5.38. The highest BCUT2D eigenvalue weighted by Crippen LogP contribution is 2.33. The van der Waals surface area contributed by atoms with E-state index in [4.69, 9.17) is 11.6 Å². The van der Waals surface area contributed by atoms with Crippen molar-refractivity contribution in [2.24, 2.45) is 5.92 Å². The Labute approximate surface area is 120 Å². The summed E-state index contributed by atoms with van der Waals surface area (Å²) >= 11 is 5.77. The Balaban J connectivity index is 2.69. The van der Waals surface area contributed by atoms with E-state index in [1.54, 1.807) is 0 Å². The van der Waals surface area contributed by atoms with E-state index in [0.717, 1.165) is 18.2 Å². The number of benzene rings is 1. The number of halogens is 4. The minimum atomic E-state index is -4.47. The molecule has 0 aliphatic rings. The molecule has 0 aliphatic heterocycles. The number of alkyl halides is 3. The average molecular weight is 309 g/mol. The van der Waals surface area contributed by atoms with E-state index in [0.29, 0.717) is 12.5 Å². The molecular weight excluding hydrogens is 293 g/mol. The molecule has 1 rings (SSSR count). The molecule has 0 aliphatic carbocycles. The van der Waals surface area contributed by atoms with Gasteiger partial charge in [0.25, 0.3) is 0 Å². The zero-order valence-corrected chi connectivity index (χ0v) is 11.9. The summed E-state index contributed by atoms with van der Waals surface area (Å²) in [6.45, 7) is 4.62. The van der Waals surface area contributed by atoms with Crippen LogP contribution in [0.2, 0.25) is 5.02 Å². The van der Waals surface area contributed by atoms with Gasteiger partial charge in [-0.3, -0.25) is 4.79 Å². The first kappa shape index (κ1) is 16.8. The smallest absolute Gasteiger partial charge is 0.324 e. The van der Waals surface area contributed by atoms with Crippen molar-refractivity contribution in [2.75, 3.05) is 18.4 Å². The molecule has 0 fully saturated rings. The molecule has 0 saturated carbocycles. The first-order valence-corrected chi connectivity index (χ1v) is 6.45. The summed E-state index contributed by atoms with van der Waals surface area (Å²) in [6, 6.07) is 2.80. The van der Waals surface area contributed by atoms with E-state index in [-0.39, 0.29) is 17.3 Å². The second-order valence-corrected chi connectivity index (χ2v) is 5.17. The molecule has 1 aromatic carbocycles. The molecular formula is C13H16ClF3N2O. The van der Waals surface area contributed by atoms with E-state index >= 15 is 0 Å². The van der Waals surface area contributed by atoms with Gasteiger partial charge in [0.2, 0.25) is 5.91 Å². The predicted molar refractivity (Wildman–Crippen MR) is 72.8 cm³/mol. The first-order chi connectivity index (χ1) is 9.20.